The van der Waals surface area contributed by atoms with Crippen molar-refractivity contribution in [1.29, 1.82) is 0 Å². The summed E-state index contributed by atoms with van der Waals surface area (Å²) in [5.41, 5.74) is 0. The average molecular weight is 332 g/mol. The highest BCUT2D eigenvalue weighted by molar-refractivity contribution is 7.49. The molecule has 12 heteroatoms. The SMILES string of the molecule is COP(=O)(OC)OC(=O)/C=C/C(=O)OP(=O)(OC)OC. The van der Waals surface area contributed by atoms with Gasteiger partial charge in [0.25, 0.3) is 0 Å². The van der Waals surface area contributed by atoms with Crippen LogP contribution in [0.25, 0.3) is 0 Å². The van der Waals surface area contributed by atoms with Crippen LogP contribution in [0.4, 0.5) is 0 Å². The lowest BCUT2D eigenvalue weighted by Crippen LogP contribution is -2.05. The van der Waals surface area contributed by atoms with Crippen molar-refractivity contribution in [3.05, 3.63) is 12.2 Å². The van der Waals surface area contributed by atoms with Gasteiger partial charge in [-0.3, -0.25) is 18.1 Å². The van der Waals surface area contributed by atoms with Crippen molar-refractivity contribution in [2.75, 3.05) is 28.4 Å². The van der Waals surface area contributed by atoms with E-state index in [1.807, 2.05) is 0 Å². The number of phosphoric acid groups is 2. The Morgan fingerprint density at radius 2 is 0.950 bits per heavy atom. The second-order valence-corrected chi connectivity index (χ2v) is 6.39. The van der Waals surface area contributed by atoms with Crippen LogP contribution in [0.3, 0.4) is 0 Å². The lowest BCUT2D eigenvalue weighted by atomic mass is 10.5. The fourth-order valence-electron chi connectivity index (χ4n) is 0.715. The molecule has 0 rings (SSSR count). The average Bonchev–Trinajstić information content (AvgIpc) is 2.44. The van der Waals surface area contributed by atoms with E-state index in [9.17, 15) is 18.7 Å². The third-order valence-electron chi connectivity index (χ3n) is 1.65. The highest BCUT2D eigenvalue weighted by Crippen LogP contribution is 2.48. The van der Waals surface area contributed by atoms with Crippen molar-refractivity contribution in [3.63, 3.8) is 0 Å². The van der Waals surface area contributed by atoms with Gasteiger partial charge in [-0.25, -0.2) is 18.7 Å². The lowest BCUT2D eigenvalue weighted by Gasteiger charge is -2.11. The molecule has 0 aromatic rings. The van der Waals surface area contributed by atoms with Crippen LogP contribution in [0.5, 0.6) is 0 Å². The third-order valence-corrected chi connectivity index (χ3v) is 4.25. The van der Waals surface area contributed by atoms with Gasteiger partial charge >= 0.3 is 27.6 Å². The molecule has 0 saturated carbocycles. The number of rotatable bonds is 8. The largest absolute Gasteiger partial charge is 0.531 e. The van der Waals surface area contributed by atoms with Crippen molar-refractivity contribution in [2.24, 2.45) is 0 Å². The zero-order valence-corrected chi connectivity index (χ0v) is 12.9. The maximum absolute atomic E-state index is 11.4. The summed E-state index contributed by atoms with van der Waals surface area (Å²) in [6, 6.07) is 0. The van der Waals surface area contributed by atoms with E-state index in [0.717, 1.165) is 28.4 Å². The van der Waals surface area contributed by atoms with Crippen LogP contribution < -0.4 is 0 Å². The van der Waals surface area contributed by atoms with Crippen molar-refractivity contribution in [2.45, 2.75) is 0 Å². The fourth-order valence-corrected chi connectivity index (χ4v) is 1.87. The van der Waals surface area contributed by atoms with E-state index >= 15 is 0 Å². The molecule has 0 aromatic carbocycles. The summed E-state index contributed by atoms with van der Waals surface area (Å²) < 4.78 is 48.8. The van der Waals surface area contributed by atoms with Crippen molar-refractivity contribution in [3.8, 4) is 0 Å². The number of phosphoric ester groups is 2. The van der Waals surface area contributed by atoms with Crippen LogP contribution in [-0.2, 0) is 45.9 Å². The first-order valence-electron chi connectivity index (χ1n) is 4.82. The number of hydrogen-bond donors (Lipinski definition) is 0. The molecule has 0 aliphatic rings. The fraction of sp³-hybridized carbons (Fsp3) is 0.500. The normalized spacial score (nSPS) is 12.4. The van der Waals surface area contributed by atoms with Crippen molar-refractivity contribution in [1.82, 2.24) is 0 Å². The molecule has 0 aliphatic carbocycles. The number of hydrogen-bond acceptors (Lipinski definition) is 10. The van der Waals surface area contributed by atoms with Gasteiger partial charge in [0.1, 0.15) is 0 Å². The van der Waals surface area contributed by atoms with Crippen LogP contribution in [-0.4, -0.2) is 40.4 Å². The molecule has 20 heavy (non-hydrogen) atoms. The third kappa shape index (κ3) is 6.42. The number of carbonyl (C=O) groups is 2. The predicted molar refractivity (Wildman–Crippen MR) is 64.6 cm³/mol. The Kier molecular flexibility index (Phi) is 7.88. The van der Waals surface area contributed by atoms with Gasteiger partial charge in [-0.15, -0.1) is 0 Å². The molecule has 0 fully saturated rings. The lowest BCUT2D eigenvalue weighted by molar-refractivity contribution is -0.133. The van der Waals surface area contributed by atoms with Gasteiger partial charge in [0.05, 0.1) is 0 Å². The molecular formula is C8H14O10P2. The quantitative estimate of drug-likeness (QED) is 0.476. The highest BCUT2D eigenvalue weighted by atomic mass is 31.2. The molecule has 10 nitrogen and oxygen atoms in total. The van der Waals surface area contributed by atoms with Crippen LogP contribution in [0.2, 0.25) is 0 Å². The Morgan fingerprint density at radius 3 is 1.15 bits per heavy atom. The zero-order chi connectivity index (χ0) is 15.8. The maximum Gasteiger partial charge on any atom is 0.531 e. The van der Waals surface area contributed by atoms with E-state index in [2.05, 4.69) is 27.1 Å². The molecule has 0 spiro atoms. The van der Waals surface area contributed by atoms with Gasteiger partial charge in [0.15, 0.2) is 0 Å². The summed E-state index contributed by atoms with van der Waals surface area (Å²) in [4.78, 5) is 22.4. The maximum atomic E-state index is 11.4. The molecule has 0 unspecified atom stereocenters. The highest BCUT2D eigenvalue weighted by Gasteiger charge is 2.28. The van der Waals surface area contributed by atoms with Crippen LogP contribution in [0, 0.1) is 0 Å². The molecular weight excluding hydrogens is 318 g/mol. The van der Waals surface area contributed by atoms with Crippen molar-refractivity contribution >= 4 is 27.6 Å². The monoisotopic (exact) mass is 332 g/mol. The molecule has 0 N–H and O–H groups in total. The summed E-state index contributed by atoms with van der Waals surface area (Å²) in [6.45, 7) is 0. The molecule has 0 atom stereocenters. The smallest absolute Gasteiger partial charge is 0.367 e. The van der Waals surface area contributed by atoms with E-state index in [4.69, 9.17) is 0 Å². The van der Waals surface area contributed by atoms with Gasteiger partial charge < -0.3 is 9.05 Å². The van der Waals surface area contributed by atoms with Crippen molar-refractivity contribution < 1.29 is 45.9 Å². The Balaban J connectivity index is 4.58. The molecule has 116 valence electrons. The standard InChI is InChI=1S/C8H14O10P2/c1-13-19(11,14-2)17-7(9)5-6-8(10)18-20(12,15-3)16-4/h5-6H,1-4H3/b6-5+. The van der Waals surface area contributed by atoms with Gasteiger partial charge in [0, 0.05) is 40.6 Å². The number of carbonyl (C=O) groups excluding carboxylic acids is 2. The Morgan fingerprint density at radius 1 is 0.700 bits per heavy atom. The first-order valence-corrected chi connectivity index (χ1v) is 7.74. The second kappa shape index (κ2) is 8.31. The topological polar surface area (TPSA) is 124 Å². The summed E-state index contributed by atoms with van der Waals surface area (Å²) >= 11 is 0. The molecule has 0 saturated heterocycles. The minimum atomic E-state index is -4.01. The van der Waals surface area contributed by atoms with E-state index in [1.54, 1.807) is 0 Å². The Hall–Kier alpha value is -1.02. The molecule has 0 amide bonds. The predicted octanol–water partition coefficient (Wildman–Crippen LogP) is 1.43. The van der Waals surface area contributed by atoms with E-state index in [0.29, 0.717) is 12.2 Å². The molecule has 0 radical (unpaired) electrons. The molecule has 0 heterocycles. The summed E-state index contributed by atoms with van der Waals surface area (Å²) in [6.07, 6.45) is 1.14. The van der Waals surface area contributed by atoms with Crippen LogP contribution >= 0.6 is 15.6 Å². The van der Waals surface area contributed by atoms with E-state index in [-0.39, 0.29) is 0 Å². The van der Waals surface area contributed by atoms with Gasteiger partial charge in [-0.1, -0.05) is 0 Å². The van der Waals surface area contributed by atoms with Crippen LogP contribution in [0.1, 0.15) is 0 Å². The molecule has 0 bridgehead atoms. The van der Waals surface area contributed by atoms with E-state index in [1.165, 1.54) is 0 Å². The van der Waals surface area contributed by atoms with Crippen LogP contribution in [0.15, 0.2) is 12.2 Å². The molecule has 0 aromatic heterocycles. The van der Waals surface area contributed by atoms with Gasteiger partial charge in [0.2, 0.25) is 0 Å². The molecule has 0 aliphatic heterocycles. The van der Waals surface area contributed by atoms with Gasteiger partial charge in [-0.05, 0) is 0 Å². The minimum absolute atomic E-state index is 0.572. The summed E-state index contributed by atoms with van der Waals surface area (Å²) in [7, 11) is -4.00. The van der Waals surface area contributed by atoms with Gasteiger partial charge in [-0.2, -0.15) is 0 Å². The van der Waals surface area contributed by atoms with E-state index < -0.39 is 27.6 Å². The summed E-state index contributed by atoms with van der Waals surface area (Å²) in [5.74, 6) is -2.39. The Bertz CT molecular complexity index is 412. The first-order chi connectivity index (χ1) is 9.24. The second-order valence-electron chi connectivity index (χ2n) is 2.78. The summed E-state index contributed by atoms with van der Waals surface area (Å²) in [5, 5.41) is 0. The zero-order valence-electron chi connectivity index (χ0n) is 11.1. The minimum Gasteiger partial charge on any atom is -0.367 e. The Labute approximate surface area is 115 Å². The first kappa shape index (κ1) is 19.0.